The molecule has 1 atom stereocenters. The van der Waals surface area contributed by atoms with Crippen molar-refractivity contribution in [1.82, 2.24) is 4.90 Å². The zero-order chi connectivity index (χ0) is 14.8. The topological polar surface area (TPSA) is 76.1 Å². The minimum atomic E-state index is -0.845. The fraction of sp³-hybridized carbons (Fsp3) is 0.467. The van der Waals surface area contributed by atoms with E-state index in [-0.39, 0.29) is 12.5 Å². The summed E-state index contributed by atoms with van der Waals surface area (Å²) in [6.07, 6.45) is 1.32. The van der Waals surface area contributed by atoms with E-state index in [2.05, 4.69) is 0 Å². The first kappa shape index (κ1) is 13.7. The number of fused-ring (bicyclic) bond motifs is 1. The molecule has 0 radical (unpaired) electrons. The van der Waals surface area contributed by atoms with Gasteiger partial charge in [0.1, 0.15) is 13.2 Å². The molecule has 1 aromatic rings. The van der Waals surface area contributed by atoms with E-state index >= 15 is 0 Å². The van der Waals surface area contributed by atoms with Gasteiger partial charge >= 0.3 is 5.97 Å². The van der Waals surface area contributed by atoms with E-state index in [9.17, 15) is 9.59 Å². The molecule has 1 aromatic carbocycles. The summed E-state index contributed by atoms with van der Waals surface area (Å²) in [5, 5.41) is 9.12. The molecule has 2 heterocycles. The molecular formula is C15H17NO5. The largest absolute Gasteiger partial charge is 0.486 e. The number of carbonyl (C=O) groups is 2. The van der Waals surface area contributed by atoms with Crippen LogP contribution in [0.15, 0.2) is 18.2 Å². The van der Waals surface area contributed by atoms with Crippen molar-refractivity contribution in [1.29, 1.82) is 0 Å². The monoisotopic (exact) mass is 291 g/mol. The fourth-order valence-corrected chi connectivity index (χ4v) is 2.78. The lowest BCUT2D eigenvalue weighted by atomic mass is 9.97. The highest BCUT2D eigenvalue weighted by molar-refractivity contribution is 5.98. The second-order valence-electron chi connectivity index (χ2n) is 5.26. The number of hydrogen-bond donors (Lipinski definition) is 1. The zero-order valence-corrected chi connectivity index (χ0v) is 11.6. The van der Waals surface area contributed by atoms with E-state index in [0.29, 0.717) is 49.7 Å². The summed E-state index contributed by atoms with van der Waals surface area (Å²) >= 11 is 0. The van der Waals surface area contributed by atoms with Gasteiger partial charge in [0.15, 0.2) is 11.5 Å². The van der Waals surface area contributed by atoms with Crippen LogP contribution in [0.3, 0.4) is 0 Å². The first-order valence-corrected chi connectivity index (χ1v) is 7.07. The van der Waals surface area contributed by atoms with Gasteiger partial charge in [0, 0.05) is 13.1 Å². The van der Waals surface area contributed by atoms with Crippen LogP contribution in [0.2, 0.25) is 0 Å². The molecule has 1 N–H and O–H groups in total. The molecule has 1 amide bonds. The lowest BCUT2D eigenvalue weighted by Gasteiger charge is -2.31. The number of piperidine rings is 1. The maximum atomic E-state index is 12.6. The second kappa shape index (κ2) is 5.63. The molecule has 1 fully saturated rings. The number of hydrogen-bond acceptors (Lipinski definition) is 4. The second-order valence-corrected chi connectivity index (χ2v) is 5.26. The molecule has 0 saturated carbocycles. The van der Waals surface area contributed by atoms with Gasteiger partial charge in [-0.3, -0.25) is 9.59 Å². The molecule has 0 aromatic heterocycles. The molecule has 21 heavy (non-hydrogen) atoms. The number of rotatable bonds is 2. The molecule has 6 heteroatoms. The van der Waals surface area contributed by atoms with Crippen molar-refractivity contribution >= 4 is 11.9 Å². The average molecular weight is 291 g/mol. The van der Waals surface area contributed by atoms with Crippen molar-refractivity contribution < 1.29 is 24.2 Å². The predicted molar refractivity (Wildman–Crippen MR) is 73.7 cm³/mol. The molecule has 3 rings (SSSR count). The Morgan fingerprint density at radius 2 is 2.05 bits per heavy atom. The number of amides is 1. The number of likely N-dealkylation sites (tertiary alicyclic amines) is 1. The van der Waals surface area contributed by atoms with Gasteiger partial charge in [-0.25, -0.2) is 0 Å². The number of ether oxygens (including phenoxy) is 2. The predicted octanol–water partition coefficient (Wildman–Crippen LogP) is 1.39. The average Bonchev–Trinajstić information content (AvgIpc) is 2.53. The lowest BCUT2D eigenvalue weighted by molar-refractivity contribution is -0.143. The fourth-order valence-electron chi connectivity index (χ4n) is 2.78. The normalized spacial score (nSPS) is 21.0. The zero-order valence-electron chi connectivity index (χ0n) is 11.6. The van der Waals surface area contributed by atoms with Crippen molar-refractivity contribution in [3.05, 3.63) is 23.8 Å². The molecule has 6 nitrogen and oxygen atoms in total. The molecule has 0 unspecified atom stereocenters. The van der Waals surface area contributed by atoms with Crippen LogP contribution in [0.5, 0.6) is 11.5 Å². The Hall–Kier alpha value is -2.24. The summed E-state index contributed by atoms with van der Waals surface area (Å²) in [5.74, 6) is -0.491. The minimum absolute atomic E-state index is 0.191. The Balaban J connectivity index is 1.83. The van der Waals surface area contributed by atoms with E-state index < -0.39 is 11.9 Å². The van der Waals surface area contributed by atoms with Crippen LogP contribution < -0.4 is 9.47 Å². The van der Waals surface area contributed by atoms with E-state index in [1.54, 1.807) is 23.1 Å². The number of aliphatic carboxylic acids is 1. The Kier molecular flexibility index (Phi) is 3.68. The van der Waals surface area contributed by atoms with E-state index in [1.165, 1.54) is 0 Å². The standard InChI is InChI=1S/C15H17NO5/c17-14(16-6-2-3-10(9-16)15(18)19)11-4-1-5-12-13(11)21-8-7-20-12/h1,4-5,10H,2-3,6-9H2,(H,18,19)/t10-/m0/s1. The lowest BCUT2D eigenvalue weighted by Crippen LogP contribution is -2.42. The SMILES string of the molecule is O=C(O)[C@H]1CCCN(C(=O)c2cccc3c2OCCO3)C1. The van der Waals surface area contributed by atoms with Crippen LogP contribution in [0, 0.1) is 5.92 Å². The van der Waals surface area contributed by atoms with E-state index in [0.717, 1.165) is 0 Å². The van der Waals surface area contributed by atoms with Gasteiger partial charge in [-0.2, -0.15) is 0 Å². The van der Waals surface area contributed by atoms with Gasteiger partial charge in [0.25, 0.3) is 5.91 Å². The number of carboxylic acids is 1. The van der Waals surface area contributed by atoms with Crippen LogP contribution in [-0.2, 0) is 4.79 Å². The highest BCUT2D eigenvalue weighted by Crippen LogP contribution is 2.34. The highest BCUT2D eigenvalue weighted by atomic mass is 16.6. The molecular weight excluding hydrogens is 274 g/mol. The molecule has 0 spiro atoms. The summed E-state index contributed by atoms with van der Waals surface area (Å²) in [6, 6.07) is 5.21. The third-order valence-corrected chi connectivity index (χ3v) is 3.85. The van der Waals surface area contributed by atoms with E-state index in [4.69, 9.17) is 14.6 Å². The number of carboxylic acid groups (broad SMARTS) is 1. The van der Waals surface area contributed by atoms with Crippen LogP contribution in [0.4, 0.5) is 0 Å². The third kappa shape index (κ3) is 2.66. The molecule has 1 saturated heterocycles. The van der Waals surface area contributed by atoms with Crippen molar-refractivity contribution in [3.8, 4) is 11.5 Å². The highest BCUT2D eigenvalue weighted by Gasteiger charge is 2.31. The first-order valence-electron chi connectivity index (χ1n) is 7.07. The van der Waals surface area contributed by atoms with Gasteiger partial charge in [-0.15, -0.1) is 0 Å². The summed E-state index contributed by atoms with van der Waals surface area (Å²) in [5.41, 5.74) is 0.443. The quantitative estimate of drug-likeness (QED) is 0.891. The summed E-state index contributed by atoms with van der Waals surface area (Å²) in [7, 11) is 0. The molecule has 0 bridgehead atoms. The minimum Gasteiger partial charge on any atom is -0.486 e. The van der Waals surface area contributed by atoms with Crippen LogP contribution in [-0.4, -0.2) is 48.2 Å². The van der Waals surface area contributed by atoms with E-state index in [1.807, 2.05) is 0 Å². The van der Waals surface area contributed by atoms with Crippen LogP contribution in [0.1, 0.15) is 23.2 Å². The molecule has 2 aliphatic heterocycles. The number of nitrogens with zero attached hydrogens (tertiary/aromatic N) is 1. The van der Waals surface area contributed by atoms with Crippen molar-refractivity contribution in [3.63, 3.8) is 0 Å². The summed E-state index contributed by atoms with van der Waals surface area (Å²) in [4.78, 5) is 25.3. The number of para-hydroxylation sites is 1. The first-order chi connectivity index (χ1) is 10.2. The van der Waals surface area contributed by atoms with Gasteiger partial charge in [0.2, 0.25) is 0 Å². The van der Waals surface area contributed by atoms with Crippen LogP contribution in [0.25, 0.3) is 0 Å². The summed E-state index contributed by atoms with van der Waals surface area (Å²) in [6.45, 7) is 1.70. The van der Waals surface area contributed by atoms with Gasteiger partial charge in [-0.05, 0) is 25.0 Å². The Morgan fingerprint density at radius 1 is 1.24 bits per heavy atom. The Bertz CT molecular complexity index is 571. The molecule has 112 valence electrons. The Morgan fingerprint density at radius 3 is 2.86 bits per heavy atom. The van der Waals surface area contributed by atoms with Crippen molar-refractivity contribution in [2.45, 2.75) is 12.8 Å². The molecule has 2 aliphatic rings. The summed E-state index contributed by atoms with van der Waals surface area (Å²) < 4.78 is 11.0. The van der Waals surface area contributed by atoms with Gasteiger partial charge in [-0.1, -0.05) is 6.07 Å². The van der Waals surface area contributed by atoms with Crippen molar-refractivity contribution in [2.75, 3.05) is 26.3 Å². The number of benzene rings is 1. The van der Waals surface area contributed by atoms with Crippen LogP contribution >= 0.6 is 0 Å². The number of carbonyl (C=O) groups excluding carboxylic acids is 1. The third-order valence-electron chi connectivity index (χ3n) is 3.85. The Labute approximate surface area is 122 Å². The van der Waals surface area contributed by atoms with Gasteiger partial charge < -0.3 is 19.5 Å². The maximum absolute atomic E-state index is 12.6. The smallest absolute Gasteiger partial charge is 0.308 e. The van der Waals surface area contributed by atoms with Gasteiger partial charge in [0.05, 0.1) is 11.5 Å². The molecule has 0 aliphatic carbocycles. The maximum Gasteiger partial charge on any atom is 0.308 e. The van der Waals surface area contributed by atoms with Crippen molar-refractivity contribution in [2.24, 2.45) is 5.92 Å².